The molecule has 4 fully saturated rings. The van der Waals surface area contributed by atoms with Crippen molar-refractivity contribution >= 4 is 11.9 Å². The van der Waals surface area contributed by atoms with Crippen molar-refractivity contribution in [1.29, 1.82) is 0 Å². The highest BCUT2D eigenvalue weighted by molar-refractivity contribution is 5.82. The van der Waals surface area contributed by atoms with Crippen LogP contribution in [0, 0.1) is 59.6 Å². The highest BCUT2D eigenvalue weighted by Crippen LogP contribution is 2.64. The van der Waals surface area contributed by atoms with Crippen LogP contribution >= 0.6 is 0 Å². The molecule has 5 rings (SSSR count). The number of rotatable bonds is 10. The van der Waals surface area contributed by atoms with Gasteiger partial charge in [-0.3, -0.25) is 9.59 Å². The van der Waals surface area contributed by atoms with E-state index in [0.717, 1.165) is 0 Å². The molecule has 540 valence electrons. The van der Waals surface area contributed by atoms with Gasteiger partial charge in [-0.25, -0.2) is 0 Å². The van der Waals surface area contributed by atoms with Crippen molar-refractivity contribution in [3.8, 4) is 0 Å². The van der Waals surface area contributed by atoms with E-state index in [4.69, 9.17) is 23.7 Å². The van der Waals surface area contributed by atoms with Crippen LogP contribution in [0.2, 0.25) is 0 Å². The standard InChI is InChI=1S/C17H33NO2.C17H32O3.C16H32O.C13H20.C10H20O.8CH4/c1-13(2,3)14(4,5)12(19)18-11-17(10)15(6,7)20-16(17,8)9;1-13(2,3)14(4,5)12(18)19-11-17(10)15(6,7)20-16(17,8)9;1-12(2,3)13(4,5)11-16(10)14(6,7)17-15(16,8)9;1-12(2,3)13(4,5)11-9-7-6-8-10-11;1-7-10(6)8(2,3)11-9(10,4)5;;;;;;;;/h11H2,1-10H3,(H,18,19);11H2,1-10H3;11H2,1-10H3;6-10H,1-5H3;7H2,1-6H3;8*1H4. The number of hydrogen-bond acceptors (Lipinski definition) is 7. The molecule has 8 nitrogen and oxygen atoms in total. The Morgan fingerprint density at radius 2 is 0.663 bits per heavy atom. The number of nitrogens with one attached hydrogen (secondary N) is 1. The van der Waals surface area contributed by atoms with Gasteiger partial charge in [-0.2, -0.15) is 0 Å². The molecule has 0 spiro atoms. The zero-order valence-electron chi connectivity index (χ0n) is 61.6. The first-order chi connectivity index (χ1) is 35.0. The van der Waals surface area contributed by atoms with Gasteiger partial charge >= 0.3 is 5.97 Å². The van der Waals surface area contributed by atoms with Crippen molar-refractivity contribution in [2.75, 3.05) is 13.2 Å². The Labute approximate surface area is 562 Å². The van der Waals surface area contributed by atoms with Crippen molar-refractivity contribution in [2.24, 2.45) is 59.6 Å². The summed E-state index contributed by atoms with van der Waals surface area (Å²) in [6.45, 7) is 90.3. The molecule has 0 bridgehead atoms. The molecule has 0 aromatic heterocycles. The molecule has 1 aromatic rings. The summed E-state index contributed by atoms with van der Waals surface area (Å²) in [4.78, 5) is 25.0. The molecule has 1 N–H and O–H groups in total. The van der Waals surface area contributed by atoms with Crippen LogP contribution in [-0.2, 0) is 38.7 Å². The monoisotopic (exact) mass is 1270 g/mol. The molecule has 4 saturated heterocycles. The van der Waals surface area contributed by atoms with Gasteiger partial charge in [0.2, 0.25) is 5.91 Å². The average Bonchev–Trinajstić information content (AvgIpc) is 3.24. The Morgan fingerprint density at radius 1 is 0.382 bits per heavy atom. The quantitative estimate of drug-likeness (QED) is 0.233. The third-order valence-corrected chi connectivity index (χ3v) is 25.5. The fourth-order valence-corrected chi connectivity index (χ4v) is 12.2. The molecule has 0 radical (unpaired) electrons. The Kier molecular flexibility index (Phi) is 35.7. The minimum absolute atomic E-state index is 0. The molecule has 4 aliphatic rings. The summed E-state index contributed by atoms with van der Waals surface area (Å²) in [5.41, 5.74) is 0.897. The lowest BCUT2D eigenvalue weighted by Crippen LogP contribution is -2.73. The van der Waals surface area contributed by atoms with Crippen molar-refractivity contribution in [2.45, 2.75) is 406 Å². The SMILES string of the molecule is C.C.C.C.C.C.C.C.CC(C)(C)C(C)(C)C(=O)NCC1(C)C(C)(C)OC1(C)C.CC(C)(C)C(C)(C)C(=O)OCC1(C)C(C)(C)OC1(C)C.CC(C)(C)C(C)(C)CC1(C)C(C)(C)OC1(C)C.CC(C)(C)C(C)(C)c1ccccc1.CCC1(C)C(C)(C)OC1(C)C. The van der Waals surface area contributed by atoms with Crippen molar-refractivity contribution < 1.29 is 33.3 Å². The summed E-state index contributed by atoms with van der Waals surface area (Å²) >= 11 is 0. The number of benzene rings is 1. The first kappa shape index (κ1) is 103. The van der Waals surface area contributed by atoms with E-state index in [-0.39, 0.29) is 149 Å². The Hall–Kier alpha value is -2.00. The lowest BCUT2D eigenvalue weighted by molar-refractivity contribution is -0.357. The molecule has 4 heterocycles. The van der Waals surface area contributed by atoms with Crippen molar-refractivity contribution in [3.63, 3.8) is 0 Å². The zero-order valence-corrected chi connectivity index (χ0v) is 61.6. The van der Waals surface area contributed by atoms with Gasteiger partial charge < -0.3 is 29.0 Å². The largest absolute Gasteiger partial charge is 0.464 e. The molecule has 1 aromatic carbocycles. The number of carbonyl (C=O) groups excluding carboxylic acids is 2. The normalized spacial score (nSPS) is 21.5. The van der Waals surface area contributed by atoms with E-state index in [1.165, 1.54) is 18.4 Å². The lowest BCUT2D eigenvalue weighted by Gasteiger charge is -2.68. The van der Waals surface area contributed by atoms with E-state index >= 15 is 0 Å². The number of hydrogen-bond donors (Lipinski definition) is 1. The van der Waals surface area contributed by atoms with E-state index in [0.29, 0.717) is 34.8 Å². The van der Waals surface area contributed by atoms with Crippen LogP contribution < -0.4 is 5.32 Å². The minimum atomic E-state index is -0.512. The summed E-state index contributed by atoms with van der Waals surface area (Å²) in [6, 6.07) is 10.7. The number of ether oxygens (including phenoxy) is 5. The van der Waals surface area contributed by atoms with Crippen LogP contribution in [0.4, 0.5) is 0 Å². The average molecular weight is 1270 g/mol. The first-order valence-corrected chi connectivity index (χ1v) is 31.3. The fourth-order valence-electron chi connectivity index (χ4n) is 12.2. The van der Waals surface area contributed by atoms with Crippen LogP contribution in [0.1, 0.15) is 362 Å². The molecule has 0 unspecified atom stereocenters. The highest BCUT2D eigenvalue weighted by Gasteiger charge is 2.68. The smallest absolute Gasteiger partial charge is 0.312 e. The van der Waals surface area contributed by atoms with Crippen LogP contribution in [0.3, 0.4) is 0 Å². The molecule has 1 amide bonds. The molecule has 0 aliphatic carbocycles. The van der Waals surface area contributed by atoms with Gasteiger partial charge in [-0.1, -0.05) is 249 Å². The van der Waals surface area contributed by atoms with Crippen molar-refractivity contribution in [3.05, 3.63) is 35.9 Å². The van der Waals surface area contributed by atoms with E-state index in [1.807, 2.05) is 27.7 Å². The third kappa shape index (κ3) is 19.4. The van der Waals surface area contributed by atoms with Gasteiger partial charge in [0.15, 0.2) is 0 Å². The maximum atomic E-state index is 12.6. The maximum absolute atomic E-state index is 12.6. The summed E-state index contributed by atoms with van der Waals surface area (Å²) in [6.07, 6.45) is 2.39. The fraction of sp³-hybridized carbons (Fsp3) is 0.901. The van der Waals surface area contributed by atoms with Gasteiger partial charge in [-0.15, -0.1) is 0 Å². The van der Waals surface area contributed by atoms with Crippen LogP contribution in [0.15, 0.2) is 30.3 Å². The molecular weight excluding hydrogens is 1100 g/mol. The summed E-state index contributed by atoms with van der Waals surface area (Å²) in [5.74, 6) is -0.0190. The van der Waals surface area contributed by atoms with Gasteiger partial charge in [0.05, 0.1) is 55.6 Å². The first-order valence-electron chi connectivity index (χ1n) is 31.3. The Bertz CT molecular complexity index is 2130. The van der Waals surface area contributed by atoms with Crippen LogP contribution in [0.25, 0.3) is 0 Å². The minimum Gasteiger partial charge on any atom is -0.464 e. The zero-order chi connectivity index (χ0) is 65.3. The number of carbonyl (C=O) groups is 2. The summed E-state index contributed by atoms with van der Waals surface area (Å²) < 4.78 is 29.5. The molecular formula is C81H169NO7. The highest BCUT2D eigenvalue weighted by atomic mass is 16.6. The summed E-state index contributed by atoms with van der Waals surface area (Å²) in [7, 11) is 0. The molecule has 8 heteroatoms. The molecule has 4 aliphatic heterocycles. The van der Waals surface area contributed by atoms with Gasteiger partial charge in [0.25, 0.3) is 0 Å². The van der Waals surface area contributed by atoms with E-state index in [9.17, 15) is 9.59 Å². The topological polar surface area (TPSA) is 92.3 Å². The van der Waals surface area contributed by atoms with E-state index in [1.54, 1.807) is 0 Å². The van der Waals surface area contributed by atoms with Gasteiger partial charge in [-0.05, 0) is 176 Å². The Balaban J connectivity index is -0.000000152. The third-order valence-electron chi connectivity index (χ3n) is 25.5. The van der Waals surface area contributed by atoms with E-state index in [2.05, 4.69) is 292 Å². The van der Waals surface area contributed by atoms with Gasteiger partial charge in [0, 0.05) is 28.2 Å². The molecule has 89 heavy (non-hydrogen) atoms. The second-order valence-electron chi connectivity index (χ2n) is 36.7. The second kappa shape index (κ2) is 30.8. The van der Waals surface area contributed by atoms with Crippen LogP contribution in [0.5, 0.6) is 0 Å². The number of amides is 1. The van der Waals surface area contributed by atoms with E-state index < -0.39 is 10.8 Å². The van der Waals surface area contributed by atoms with Crippen LogP contribution in [-0.4, -0.2) is 69.8 Å². The predicted octanol–water partition coefficient (Wildman–Crippen LogP) is 25.1. The van der Waals surface area contributed by atoms with Crippen molar-refractivity contribution in [1.82, 2.24) is 5.32 Å². The number of esters is 1. The lowest BCUT2D eigenvalue weighted by atomic mass is 9.50. The summed E-state index contributed by atoms with van der Waals surface area (Å²) in [5, 5.41) is 3.16. The molecule has 0 atom stereocenters. The second-order valence-corrected chi connectivity index (χ2v) is 36.7. The maximum Gasteiger partial charge on any atom is 0.312 e. The Morgan fingerprint density at radius 3 is 0.876 bits per heavy atom. The predicted molar refractivity (Wildman–Crippen MR) is 401 cm³/mol. The molecule has 0 saturated carbocycles. The van der Waals surface area contributed by atoms with Gasteiger partial charge in [0.1, 0.15) is 6.61 Å².